The molecule has 1 saturated carbocycles. The first-order valence-corrected chi connectivity index (χ1v) is 6.49. The van der Waals surface area contributed by atoms with Crippen LogP contribution >= 0.6 is 0 Å². The van der Waals surface area contributed by atoms with E-state index in [-0.39, 0.29) is 11.6 Å². The minimum absolute atomic E-state index is 0.198. The highest BCUT2D eigenvalue weighted by Crippen LogP contribution is 2.39. The third kappa shape index (κ3) is 2.31. The average molecular weight is 225 g/mol. The summed E-state index contributed by atoms with van der Waals surface area (Å²) in [4.78, 5) is 2.55. The molecule has 3 heteroatoms. The zero-order chi connectivity index (χ0) is 12.2. The van der Waals surface area contributed by atoms with Gasteiger partial charge in [0.1, 0.15) is 0 Å². The van der Waals surface area contributed by atoms with Crippen LogP contribution in [0, 0.1) is 0 Å². The summed E-state index contributed by atoms with van der Waals surface area (Å²) in [6, 6.07) is 0.217. The van der Waals surface area contributed by atoms with Crippen molar-refractivity contribution in [1.29, 1.82) is 0 Å². The van der Waals surface area contributed by atoms with E-state index in [9.17, 15) is 0 Å². The van der Waals surface area contributed by atoms with Crippen LogP contribution in [-0.4, -0.2) is 29.6 Å². The second-order valence-corrected chi connectivity index (χ2v) is 4.93. The van der Waals surface area contributed by atoms with E-state index in [1.54, 1.807) is 0 Å². The molecule has 0 spiro atoms. The summed E-state index contributed by atoms with van der Waals surface area (Å²) in [5, 5.41) is 0. The molecule has 0 radical (unpaired) electrons. The monoisotopic (exact) mass is 225 g/mol. The maximum atomic E-state index is 5.75. The predicted octanol–water partition coefficient (Wildman–Crippen LogP) is 2.05. The lowest BCUT2D eigenvalue weighted by Gasteiger charge is -2.46. The third-order valence-electron chi connectivity index (χ3n) is 4.06. The molecule has 1 fully saturated rings. The standard InChI is InChI=1S/C13H27N3/c1-5-16(6-2)13(9-7-8-10-13)12(15-14)11(3)4/h12,15H,3,5-10,14H2,1-2,4H3. The van der Waals surface area contributed by atoms with E-state index in [2.05, 4.69) is 37.7 Å². The zero-order valence-corrected chi connectivity index (χ0v) is 11.1. The Labute approximate surface area is 100 Å². The van der Waals surface area contributed by atoms with Gasteiger partial charge in [0.05, 0.1) is 6.04 Å². The van der Waals surface area contributed by atoms with Crippen molar-refractivity contribution in [3.63, 3.8) is 0 Å². The topological polar surface area (TPSA) is 41.3 Å². The molecule has 1 aliphatic carbocycles. The van der Waals surface area contributed by atoms with Gasteiger partial charge in [-0.2, -0.15) is 0 Å². The lowest BCUT2D eigenvalue weighted by atomic mass is 9.83. The molecule has 3 nitrogen and oxygen atoms in total. The van der Waals surface area contributed by atoms with Crippen molar-refractivity contribution >= 4 is 0 Å². The van der Waals surface area contributed by atoms with Gasteiger partial charge in [-0.15, -0.1) is 0 Å². The fraction of sp³-hybridized carbons (Fsp3) is 0.846. The summed E-state index contributed by atoms with van der Waals surface area (Å²) in [5.74, 6) is 5.75. The van der Waals surface area contributed by atoms with Crippen LogP contribution in [0.1, 0.15) is 46.5 Å². The number of hydrogen-bond acceptors (Lipinski definition) is 3. The van der Waals surface area contributed by atoms with E-state index in [0.717, 1.165) is 18.7 Å². The highest BCUT2D eigenvalue weighted by atomic mass is 15.3. The normalized spacial score (nSPS) is 21.3. The fourth-order valence-electron chi connectivity index (χ4n) is 3.38. The summed E-state index contributed by atoms with van der Waals surface area (Å²) in [5.41, 5.74) is 4.34. The largest absolute Gasteiger partial charge is 0.296 e. The number of hydrogen-bond donors (Lipinski definition) is 2. The molecule has 16 heavy (non-hydrogen) atoms. The Morgan fingerprint density at radius 2 is 1.88 bits per heavy atom. The molecule has 1 atom stereocenters. The molecule has 0 amide bonds. The molecule has 0 aromatic rings. The molecule has 0 aromatic heterocycles. The van der Waals surface area contributed by atoms with Crippen molar-refractivity contribution in [3.05, 3.63) is 12.2 Å². The molecular formula is C13H27N3. The van der Waals surface area contributed by atoms with Gasteiger partial charge in [-0.3, -0.25) is 16.2 Å². The predicted molar refractivity (Wildman–Crippen MR) is 70.0 cm³/mol. The summed E-state index contributed by atoms with van der Waals surface area (Å²) < 4.78 is 0. The quantitative estimate of drug-likeness (QED) is 0.413. The zero-order valence-electron chi connectivity index (χ0n) is 11.1. The van der Waals surface area contributed by atoms with E-state index in [4.69, 9.17) is 5.84 Å². The number of nitrogens with zero attached hydrogens (tertiary/aromatic N) is 1. The van der Waals surface area contributed by atoms with Gasteiger partial charge in [-0.05, 0) is 32.9 Å². The summed E-state index contributed by atoms with van der Waals surface area (Å²) in [6.45, 7) is 12.8. The summed E-state index contributed by atoms with van der Waals surface area (Å²) >= 11 is 0. The molecule has 0 aliphatic heterocycles. The number of hydrazine groups is 1. The number of nitrogens with one attached hydrogen (secondary N) is 1. The van der Waals surface area contributed by atoms with E-state index in [1.165, 1.54) is 25.7 Å². The van der Waals surface area contributed by atoms with Crippen LogP contribution in [0.5, 0.6) is 0 Å². The molecule has 0 heterocycles. The van der Waals surface area contributed by atoms with Crippen LogP contribution in [0.15, 0.2) is 12.2 Å². The molecule has 3 N–H and O–H groups in total. The highest BCUT2D eigenvalue weighted by molar-refractivity contribution is 5.16. The van der Waals surface area contributed by atoms with Crippen LogP contribution in [-0.2, 0) is 0 Å². The first kappa shape index (κ1) is 13.7. The third-order valence-corrected chi connectivity index (χ3v) is 4.06. The van der Waals surface area contributed by atoms with Crippen LogP contribution < -0.4 is 11.3 Å². The molecule has 0 saturated heterocycles. The van der Waals surface area contributed by atoms with E-state index in [1.807, 2.05) is 0 Å². The van der Waals surface area contributed by atoms with Crippen molar-refractivity contribution in [1.82, 2.24) is 10.3 Å². The first-order valence-electron chi connectivity index (χ1n) is 6.49. The second-order valence-electron chi connectivity index (χ2n) is 4.93. The van der Waals surface area contributed by atoms with Crippen molar-refractivity contribution in [2.45, 2.75) is 58.0 Å². The minimum Gasteiger partial charge on any atom is -0.296 e. The molecule has 0 bridgehead atoms. The van der Waals surface area contributed by atoms with Gasteiger partial charge in [-0.1, -0.05) is 38.8 Å². The molecule has 94 valence electrons. The SMILES string of the molecule is C=C(C)C(NN)C1(N(CC)CC)CCCC1. The molecule has 0 aromatic carbocycles. The summed E-state index contributed by atoms with van der Waals surface area (Å²) in [6.07, 6.45) is 5.08. The van der Waals surface area contributed by atoms with Crippen molar-refractivity contribution in [2.24, 2.45) is 5.84 Å². The Balaban J connectivity index is 2.98. The fourth-order valence-corrected chi connectivity index (χ4v) is 3.38. The van der Waals surface area contributed by atoms with Crippen LogP contribution in [0.4, 0.5) is 0 Å². The Kier molecular flexibility index (Phi) is 4.96. The van der Waals surface area contributed by atoms with Gasteiger partial charge in [-0.25, -0.2) is 0 Å². The van der Waals surface area contributed by atoms with E-state index < -0.39 is 0 Å². The summed E-state index contributed by atoms with van der Waals surface area (Å²) in [7, 11) is 0. The Hall–Kier alpha value is -0.380. The molecule has 1 unspecified atom stereocenters. The Bertz CT molecular complexity index is 227. The van der Waals surface area contributed by atoms with Crippen molar-refractivity contribution in [2.75, 3.05) is 13.1 Å². The molecule has 1 aliphatic rings. The Morgan fingerprint density at radius 1 is 1.38 bits per heavy atom. The maximum Gasteiger partial charge on any atom is 0.0598 e. The van der Waals surface area contributed by atoms with Gasteiger partial charge in [0, 0.05) is 5.54 Å². The van der Waals surface area contributed by atoms with Crippen molar-refractivity contribution < 1.29 is 0 Å². The Morgan fingerprint density at radius 3 is 2.19 bits per heavy atom. The van der Waals surface area contributed by atoms with Gasteiger partial charge in [0.15, 0.2) is 0 Å². The van der Waals surface area contributed by atoms with Crippen LogP contribution in [0.2, 0.25) is 0 Å². The molecule has 1 rings (SSSR count). The maximum absolute atomic E-state index is 5.75. The number of nitrogens with two attached hydrogens (primary N) is 1. The van der Waals surface area contributed by atoms with E-state index >= 15 is 0 Å². The smallest absolute Gasteiger partial charge is 0.0598 e. The first-order chi connectivity index (χ1) is 7.62. The van der Waals surface area contributed by atoms with Gasteiger partial charge < -0.3 is 0 Å². The van der Waals surface area contributed by atoms with Gasteiger partial charge >= 0.3 is 0 Å². The van der Waals surface area contributed by atoms with Crippen LogP contribution in [0.25, 0.3) is 0 Å². The minimum atomic E-state index is 0.198. The van der Waals surface area contributed by atoms with Crippen molar-refractivity contribution in [3.8, 4) is 0 Å². The average Bonchev–Trinajstić information content (AvgIpc) is 2.70. The lowest BCUT2D eigenvalue weighted by molar-refractivity contribution is 0.0756. The number of rotatable bonds is 6. The van der Waals surface area contributed by atoms with E-state index in [0.29, 0.717) is 0 Å². The highest BCUT2D eigenvalue weighted by Gasteiger charge is 2.44. The van der Waals surface area contributed by atoms with Gasteiger partial charge in [0.2, 0.25) is 0 Å². The van der Waals surface area contributed by atoms with Gasteiger partial charge in [0.25, 0.3) is 0 Å². The second kappa shape index (κ2) is 5.80. The lowest BCUT2D eigenvalue weighted by Crippen LogP contribution is -2.61. The van der Waals surface area contributed by atoms with Crippen LogP contribution in [0.3, 0.4) is 0 Å². The number of likely N-dealkylation sites (N-methyl/N-ethyl adjacent to an activating group) is 1. The molecular weight excluding hydrogens is 198 g/mol.